The molecule has 1 aliphatic carbocycles. The van der Waals surface area contributed by atoms with E-state index in [4.69, 9.17) is 9.97 Å². The van der Waals surface area contributed by atoms with Crippen LogP contribution in [-0.2, 0) is 12.8 Å². The van der Waals surface area contributed by atoms with Gasteiger partial charge in [-0.1, -0.05) is 51.1 Å². The predicted molar refractivity (Wildman–Crippen MR) is 127 cm³/mol. The molecule has 0 amide bonds. The molecule has 0 bridgehead atoms. The van der Waals surface area contributed by atoms with Gasteiger partial charge in [-0.05, 0) is 60.9 Å². The first-order chi connectivity index (χ1) is 14.8. The Morgan fingerprint density at radius 3 is 2.26 bits per heavy atom. The molecule has 0 radical (unpaired) electrons. The summed E-state index contributed by atoms with van der Waals surface area (Å²) < 4.78 is 0. The summed E-state index contributed by atoms with van der Waals surface area (Å²) >= 11 is 0. The fourth-order valence-electron chi connectivity index (χ4n) is 4.20. The van der Waals surface area contributed by atoms with Crippen molar-refractivity contribution in [1.29, 1.82) is 0 Å². The van der Waals surface area contributed by atoms with E-state index in [-0.39, 0.29) is 11.2 Å². The molecule has 0 saturated heterocycles. The third kappa shape index (κ3) is 4.46. The Morgan fingerprint density at radius 1 is 0.935 bits per heavy atom. The van der Waals surface area contributed by atoms with Gasteiger partial charge in [0, 0.05) is 17.8 Å². The third-order valence-corrected chi connectivity index (χ3v) is 5.89. The fourth-order valence-corrected chi connectivity index (χ4v) is 4.20. The third-order valence-electron chi connectivity index (χ3n) is 5.89. The molecule has 0 spiro atoms. The van der Waals surface area contributed by atoms with Crippen LogP contribution >= 0.6 is 0 Å². The highest BCUT2D eigenvalue weighted by molar-refractivity contribution is 6.03. The van der Waals surface area contributed by atoms with Crippen LogP contribution in [0.15, 0.2) is 42.5 Å². The van der Waals surface area contributed by atoms with Crippen molar-refractivity contribution in [3.8, 4) is 0 Å². The molecule has 5 heteroatoms. The number of hydrogen-bond acceptors (Lipinski definition) is 5. The Kier molecular flexibility index (Phi) is 5.52. The Morgan fingerprint density at radius 2 is 1.61 bits per heavy atom. The van der Waals surface area contributed by atoms with E-state index in [1.165, 1.54) is 5.56 Å². The maximum atomic E-state index is 13.1. The van der Waals surface area contributed by atoms with Crippen LogP contribution in [0.1, 0.15) is 59.9 Å². The molecule has 0 fully saturated rings. The van der Waals surface area contributed by atoms with Gasteiger partial charge < -0.3 is 10.6 Å². The minimum atomic E-state index is -0.117. The Hall–Kier alpha value is -3.21. The quantitative estimate of drug-likeness (QED) is 0.513. The largest absolute Gasteiger partial charge is 0.339 e. The lowest BCUT2D eigenvalue weighted by Gasteiger charge is -2.30. The van der Waals surface area contributed by atoms with Crippen molar-refractivity contribution in [2.75, 3.05) is 10.6 Å². The van der Waals surface area contributed by atoms with Gasteiger partial charge in [0.1, 0.15) is 5.82 Å². The van der Waals surface area contributed by atoms with Crippen molar-refractivity contribution < 1.29 is 4.79 Å². The summed E-state index contributed by atoms with van der Waals surface area (Å²) in [5.41, 5.74) is 6.72. The lowest BCUT2D eigenvalue weighted by atomic mass is 9.75. The number of ketones is 1. The van der Waals surface area contributed by atoms with Gasteiger partial charge in [0.2, 0.25) is 5.95 Å². The van der Waals surface area contributed by atoms with Crippen LogP contribution in [0.2, 0.25) is 0 Å². The van der Waals surface area contributed by atoms with Crippen LogP contribution < -0.4 is 10.6 Å². The van der Waals surface area contributed by atoms with Crippen molar-refractivity contribution in [2.24, 2.45) is 5.41 Å². The van der Waals surface area contributed by atoms with E-state index in [9.17, 15) is 4.79 Å². The second-order valence-electron chi connectivity index (χ2n) is 9.23. The highest BCUT2D eigenvalue weighted by Crippen LogP contribution is 2.38. The maximum absolute atomic E-state index is 13.1. The number of nitrogens with one attached hydrogen (secondary N) is 2. The summed E-state index contributed by atoms with van der Waals surface area (Å²) in [6.07, 6.45) is 2.23. The standard InChI is InChI=1S/C26H30N4O/c1-6-18-10-12-19(13-11-18)27-25-28-20-14-26(4,5)15-21(31)22(20)24(30-25)29-23-16(2)8-7-9-17(23)3/h7-13H,6,14-15H2,1-5H3,(H2,27,28,29,30). The van der Waals surface area contributed by atoms with Crippen LogP contribution in [0.3, 0.4) is 0 Å². The molecular formula is C26H30N4O. The monoisotopic (exact) mass is 414 g/mol. The molecule has 4 rings (SSSR count). The van der Waals surface area contributed by atoms with E-state index >= 15 is 0 Å². The second kappa shape index (κ2) is 8.14. The summed E-state index contributed by atoms with van der Waals surface area (Å²) in [5.74, 6) is 1.18. The van der Waals surface area contributed by atoms with Gasteiger partial charge >= 0.3 is 0 Å². The molecule has 160 valence electrons. The van der Waals surface area contributed by atoms with Gasteiger partial charge in [-0.15, -0.1) is 0 Å². The van der Waals surface area contributed by atoms with E-state index in [1.54, 1.807) is 0 Å². The number of nitrogens with zero attached hydrogens (tertiary/aromatic N) is 2. The Labute approximate surface area is 184 Å². The number of fused-ring (bicyclic) bond motifs is 1. The zero-order valence-corrected chi connectivity index (χ0v) is 19.0. The Balaban J connectivity index is 1.78. The summed E-state index contributed by atoms with van der Waals surface area (Å²) in [6.45, 7) is 10.5. The molecule has 0 atom stereocenters. The minimum absolute atomic E-state index is 0.0961. The lowest BCUT2D eigenvalue weighted by molar-refractivity contribution is 0.0911. The van der Waals surface area contributed by atoms with Crippen LogP contribution in [0.4, 0.5) is 23.1 Å². The fraction of sp³-hybridized carbons (Fsp3) is 0.346. The minimum Gasteiger partial charge on any atom is -0.339 e. The van der Waals surface area contributed by atoms with Crippen molar-refractivity contribution in [3.63, 3.8) is 0 Å². The molecule has 2 aromatic carbocycles. The van der Waals surface area contributed by atoms with Crippen molar-refractivity contribution in [3.05, 3.63) is 70.4 Å². The first-order valence-electron chi connectivity index (χ1n) is 10.9. The van der Waals surface area contributed by atoms with E-state index in [1.807, 2.05) is 18.2 Å². The number of para-hydroxylation sites is 1. The molecule has 1 heterocycles. The number of anilines is 4. The summed E-state index contributed by atoms with van der Waals surface area (Å²) in [6, 6.07) is 14.4. The van der Waals surface area contributed by atoms with E-state index in [0.29, 0.717) is 23.8 Å². The zero-order valence-electron chi connectivity index (χ0n) is 19.0. The highest BCUT2D eigenvalue weighted by atomic mass is 16.1. The Bertz CT molecular complexity index is 1110. The van der Waals surface area contributed by atoms with Crippen LogP contribution in [0.25, 0.3) is 0 Å². The topological polar surface area (TPSA) is 66.9 Å². The van der Waals surface area contributed by atoms with Crippen LogP contribution in [-0.4, -0.2) is 15.8 Å². The first-order valence-corrected chi connectivity index (χ1v) is 10.9. The molecule has 0 unspecified atom stereocenters. The smallest absolute Gasteiger partial charge is 0.229 e. The van der Waals surface area contributed by atoms with Crippen molar-refractivity contribution in [1.82, 2.24) is 9.97 Å². The molecule has 0 saturated carbocycles. The molecule has 1 aromatic heterocycles. The van der Waals surface area contributed by atoms with Gasteiger partial charge in [-0.2, -0.15) is 4.98 Å². The van der Waals surface area contributed by atoms with Gasteiger partial charge in [-0.3, -0.25) is 4.79 Å². The van der Waals surface area contributed by atoms with Crippen LogP contribution in [0.5, 0.6) is 0 Å². The molecule has 0 aliphatic heterocycles. The molecule has 1 aliphatic rings. The number of benzene rings is 2. The second-order valence-corrected chi connectivity index (χ2v) is 9.23. The number of Topliss-reactive ketones (excluding diaryl/α,β-unsaturated/α-hetero) is 1. The summed E-state index contributed by atoms with van der Waals surface area (Å²) in [7, 11) is 0. The van der Waals surface area contributed by atoms with Crippen LogP contribution in [0, 0.1) is 19.3 Å². The average Bonchev–Trinajstić information content (AvgIpc) is 2.70. The number of aryl methyl sites for hydroxylation is 3. The molecular weight excluding hydrogens is 384 g/mol. The van der Waals surface area contributed by atoms with E-state index in [2.05, 4.69) is 69.5 Å². The number of aromatic nitrogens is 2. The van der Waals surface area contributed by atoms with Gasteiger partial charge in [0.05, 0.1) is 11.3 Å². The summed E-state index contributed by atoms with van der Waals surface area (Å²) in [4.78, 5) is 22.6. The number of carbonyl (C=O) groups is 1. The average molecular weight is 415 g/mol. The normalized spacial score (nSPS) is 14.8. The number of carbonyl (C=O) groups excluding carboxylic acids is 1. The predicted octanol–water partition coefficient (Wildman–Crippen LogP) is 6.30. The number of hydrogen-bond donors (Lipinski definition) is 2. The molecule has 31 heavy (non-hydrogen) atoms. The van der Waals surface area contributed by atoms with Gasteiger partial charge in [0.25, 0.3) is 0 Å². The summed E-state index contributed by atoms with van der Waals surface area (Å²) in [5, 5.41) is 6.79. The first kappa shape index (κ1) is 21.0. The molecule has 5 nitrogen and oxygen atoms in total. The lowest BCUT2D eigenvalue weighted by Crippen LogP contribution is -2.29. The van der Waals surface area contributed by atoms with E-state index in [0.717, 1.165) is 41.0 Å². The van der Waals surface area contributed by atoms with Crippen molar-refractivity contribution >= 4 is 28.9 Å². The van der Waals surface area contributed by atoms with E-state index < -0.39 is 0 Å². The maximum Gasteiger partial charge on any atom is 0.229 e. The van der Waals surface area contributed by atoms with Crippen molar-refractivity contribution in [2.45, 2.75) is 53.9 Å². The van der Waals surface area contributed by atoms with Gasteiger partial charge in [0.15, 0.2) is 5.78 Å². The highest BCUT2D eigenvalue weighted by Gasteiger charge is 2.35. The zero-order chi connectivity index (χ0) is 22.2. The SMILES string of the molecule is CCc1ccc(Nc2nc3c(c(Nc4c(C)cccc4C)n2)C(=O)CC(C)(C)C3)cc1. The number of rotatable bonds is 5. The molecule has 2 N–H and O–H groups in total. The van der Waals surface area contributed by atoms with Gasteiger partial charge in [-0.25, -0.2) is 4.98 Å². The molecule has 3 aromatic rings.